The molecule has 2 aromatic rings. The maximum atomic E-state index is 12.9. The summed E-state index contributed by atoms with van der Waals surface area (Å²) < 4.78 is 5.08. The Morgan fingerprint density at radius 3 is 2.28 bits per heavy atom. The standard InChI is InChI=1S/C24H23N5O3/c25-12-19-13-27-21-6-5-18(11-20(19)21)16-1-3-17(4-2-16)22(30)28-7-9-29(10-8-28)23(31)24(26)14-32-15-24/h1-6,11H,7-10,13-15,26H2. The highest BCUT2D eigenvalue weighted by molar-refractivity contribution is 5.95. The predicted molar refractivity (Wildman–Crippen MR) is 117 cm³/mol. The van der Waals surface area contributed by atoms with Gasteiger partial charge in [0.25, 0.3) is 5.91 Å². The smallest absolute Gasteiger partial charge is 0.253 e. The Morgan fingerprint density at radius 2 is 1.66 bits per heavy atom. The lowest BCUT2D eigenvalue weighted by molar-refractivity contribution is -0.155. The second kappa shape index (κ2) is 7.86. The fourth-order valence-electron chi connectivity index (χ4n) is 4.30. The van der Waals surface area contributed by atoms with Gasteiger partial charge in [-0.1, -0.05) is 18.2 Å². The molecule has 5 rings (SSSR count). The number of carbonyl (C=O) groups is 2. The maximum absolute atomic E-state index is 12.9. The molecule has 2 aromatic carbocycles. The summed E-state index contributed by atoms with van der Waals surface area (Å²) in [4.78, 5) is 33.3. The van der Waals surface area contributed by atoms with Crippen LogP contribution in [0.3, 0.4) is 0 Å². The van der Waals surface area contributed by atoms with Gasteiger partial charge in [-0.3, -0.25) is 14.6 Å². The molecule has 0 aromatic heterocycles. The number of rotatable bonds is 3. The number of carbonyl (C=O) groups excluding carboxylic acids is 2. The number of piperazine rings is 1. The van der Waals surface area contributed by atoms with Gasteiger partial charge in [0.05, 0.1) is 36.8 Å². The third kappa shape index (κ3) is 3.45. The van der Waals surface area contributed by atoms with Gasteiger partial charge in [0.15, 0.2) is 0 Å². The van der Waals surface area contributed by atoms with Gasteiger partial charge >= 0.3 is 0 Å². The van der Waals surface area contributed by atoms with E-state index in [1.165, 1.54) is 0 Å². The zero-order valence-electron chi connectivity index (χ0n) is 17.6. The number of nitriles is 1. The number of benzene rings is 2. The Kier molecular flexibility index (Phi) is 5.00. The van der Waals surface area contributed by atoms with E-state index in [1.54, 1.807) is 9.80 Å². The van der Waals surface area contributed by atoms with Crippen LogP contribution in [0.1, 0.15) is 10.4 Å². The van der Waals surface area contributed by atoms with Gasteiger partial charge < -0.3 is 20.3 Å². The number of hydrogen-bond acceptors (Lipinski definition) is 6. The van der Waals surface area contributed by atoms with Crippen LogP contribution in [-0.4, -0.2) is 73.1 Å². The first-order valence-electron chi connectivity index (χ1n) is 10.6. The molecule has 0 radical (unpaired) electrons. The first-order valence-corrected chi connectivity index (χ1v) is 10.6. The third-order valence-electron chi connectivity index (χ3n) is 6.33. The van der Waals surface area contributed by atoms with E-state index >= 15 is 0 Å². The lowest BCUT2D eigenvalue weighted by Gasteiger charge is -2.43. The van der Waals surface area contributed by atoms with Gasteiger partial charge in [0, 0.05) is 37.0 Å². The molecule has 3 aliphatic rings. The highest BCUT2D eigenvalue weighted by Crippen LogP contribution is 2.21. The first kappa shape index (κ1) is 20.4. The molecule has 0 unspecified atom stereocenters. The summed E-state index contributed by atoms with van der Waals surface area (Å²) >= 11 is 0. The Hall–Kier alpha value is -3.54. The van der Waals surface area contributed by atoms with E-state index in [1.807, 2.05) is 42.5 Å². The highest BCUT2D eigenvalue weighted by Gasteiger charge is 2.45. The average molecular weight is 429 g/mol. The monoisotopic (exact) mass is 429 g/mol. The van der Waals surface area contributed by atoms with E-state index in [2.05, 4.69) is 11.1 Å². The zero-order valence-corrected chi connectivity index (χ0v) is 17.6. The molecule has 0 bridgehead atoms. The van der Waals surface area contributed by atoms with Crippen molar-refractivity contribution in [1.29, 1.82) is 5.26 Å². The molecular weight excluding hydrogens is 406 g/mol. The largest absolute Gasteiger partial charge is 0.376 e. The zero-order chi connectivity index (χ0) is 22.3. The van der Waals surface area contributed by atoms with Crippen molar-refractivity contribution < 1.29 is 14.3 Å². The Labute approximate surface area is 185 Å². The Morgan fingerprint density at radius 1 is 1.00 bits per heavy atom. The third-order valence-corrected chi connectivity index (χ3v) is 6.33. The van der Waals surface area contributed by atoms with E-state index < -0.39 is 5.54 Å². The summed E-state index contributed by atoms with van der Waals surface area (Å²) in [6, 6.07) is 15.6. The van der Waals surface area contributed by atoms with Crippen LogP contribution in [-0.2, 0) is 9.53 Å². The normalized spacial score (nSPS) is 18.9. The van der Waals surface area contributed by atoms with Crippen molar-refractivity contribution in [2.24, 2.45) is 10.7 Å². The summed E-state index contributed by atoms with van der Waals surface area (Å²) in [5.41, 5.74) is 8.39. The number of ether oxygens (including phenoxy) is 1. The molecule has 2 fully saturated rings. The molecule has 2 N–H and O–H groups in total. The van der Waals surface area contributed by atoms with Crippen LogP contribution in [0.4, 0.5) is 0 Å². The molecule has 0 atom stereocenters. The number of nitrogens with two attached hydrogens (primary N) is 1. The Balaban J connectivity index is 1.26. The van der Waals surface area contributed by atoms with Crippen LogP contribution >= 0.6 is 0 Å². The van der Waals surface area contributed by atoms with Gasteiger partial charge in [-0.2, -0.15) is 5.26 Å². The van der Waals surface area contributed by atoms with Crippen LogP contribution in [0, 0.1) is 11.3 Å². The lowest BCUT2D eigenvalue weighted by atomic mass is 9.96. The van der Waals surface area contributed by atoms with Crippen molar-refractivity contribution in [2.75, 3.05) is 45.9 Å². The molecule has 8 heteroatoms. The van der Waals surface area contributed by atoms with Crippen LogP contribution in [0.5, 0.6) is 0 Å². The molecular formula is C24H23N5O3. The van der Waals surface area contributed by atoms with E-state index in [0.29, 0.717) is 43.9 Å². The SMILES string of the molecule is N#CC1=c2cc(-c3ccc(C(=O)N4CCN(C(=O)C5(N)COC5)CC4)cc3)ccc2=NC1. The van der Waals surface area contributed by atoms with E-state index in [9.17, 15) is 14.9 Å². The molecule has 2 saturated heterocycles. The molecule has 2 amide bonds. The minimum atomic E-state index is -0.903. The van der Waals surface area contributed by atoms with Crippen molar-refractivity contribution in [1.82, 2.24) is 9.80 Å². The van der Waals surface area contributed by atoms with Crippen LogP contribution in [0.25, 0.3) is 16.7 Å². The maximum Gasteiger partial charge on any atom is 0.253 e. The first-order chi connectivity index (χ1) is 15.5. The molecule has 32 heavy (non-hydrogen) atoms. The van der Waals surface area contributed by atoms with E-state index in [0.717, 1.165) is 21.7 Å². The molecule has 3 heterocycles. The Bertz CT molecular complexity index is 1250. The van der Waals surface area contributed by atoms with E-state index in [4.69, 9.17) is 10.5 Å². The van der Waals surface area contributed by atoms with Crippen molar-refractivity contribution in [3.05, 3.63) is 58.6 Å². The molecule has 0 saturated carbocycles. The summed E-state index contributed by atoms with van der Waals surface area (Å²) in [7, 11) is 0. The van der Waals surface area contributed by atoms with Crippen molar-refractivity contribution >= 4 is 17.4 Å². The van der Waals surface area contributed by atoms with Gasteiger partial charge in [0.2, 0.25) is 5.91 Å². The molecule has 3 aliphatic heterocycles. The van der Waals surface area contributed by atoms with Crippen LogP contribution in [0.2, 0.25) is 0 Å². The minimum absolute atomic E-state index is 0.0501. The lowest BCUT2D eigenvalue weighted by Crippen LogP contribution is -2.68. The summed E-state index contributed by atoms with van der Waals surface area (Å²) in [5.74, 6) is -0.148. The number of amides is 2. The molecule has 0 aliphatic carbocycles. The van der Waals surface area contributed by atoms with Gasteiger partial charge in [-0.05, 0) is 35.4 Å². The predicted octanol–water partition coefficient (Wildman–Crippen LogP) is -0.327. The van der Waals surface area contributed by atoms with Crippen LogP contribution in [0.15, 0.2) is 47.5 Å². The summed E-state index contributed by atoms with van der Waals surface area (Å²) in [5, 5.41) is 11.0. The van der Waals surface area contributed by atoms with Crippen molar-refractivity contribution in [2.45, 2.75) is 5.54 Å². The molecule has 162 valence electrons. The number of fused-ring (bicyclic) bond motifs is 1. The molecule has 0 spiro atoms. The minimum Gasteiger partial charge on any atom is -0.376 e. The van der Waals surface area contributed by atoms with Crippen molar-refractivity contribution in [3.8, 4) is 17.2 Å². The fourth-order valence-corrected chi connectivity index (χ4v) is 4.30. The summed E-state index contributed by atoms with van der Waals surface area (Å²) in [6.07, 6.45) is 0. The number of nitrogens with zero attached hydrogens (tertiary/aromatic N) is 4. The van der Waals surface area contributed by atoms with Gasteiger partial charge in [-0.25, -0.2) is 0 Å². The number of hydrogen-bond donors (Lipinski definition) is 1. The van der Waals surface area contributed by atoms with Gasteiger partial charge in [-0.15, -0.1) is 0 Å². The fraction of sp³-hybridized carbons (Fsp3) is 0.333. The van der Waals surface area contributed by atoms with Crippen LogP contribution < -0.4 is 16.3 Å². The topological polar surface area (TPSA) is 112 Å². The molecule has 8 nitrogen and oxygen atoms in total. The second-order valence-electron chi connectivity index (χ2n) is 8.45. The van der Waals surface area contributed by atoms with Crippen molar-refractivity contribution in [3.63, 3.8) is 0 Å². The second-order valence-corrected chi connectivity index (χ2v) is 8.45. The summed E-state index contributed by atoms with van der Waals surface area (Å²) in [6.45, 7) is 2.84. The highest BCUT2D eigenvalue weighted by atomic mass is 16.5. The average Bonchev–Trinajstić information content (AvgIpc) is 3.24. The van der Waals surface area contributed by atoms with Gasteiger partial charge in [0.1, 0.15) is 5.54 Å². The quantitative estimate of drug-likeness (QED) is 0.718. The van der Waals surface area contributed by atoms with E-state index in [-0.39, 0.29) is 25.0 Å².